The minimum absolute atomic E-state index is 0.00289. The van der Waals surface area contributed by atoms with E-state index in [1.54, 1.807) is 13.8 Å². The van der Waals surface area contributed by atoms with Crippen molar-refractivity contribution in [3.8, 4) is 6.07 Å². The van der Waals surface area contributed by atoms with E-state index in [-0.39, 0.29) is 18.5 Å². The molecular formula is C17H26N5O7P. The topological polar surface area (TPSA) is 179 Å². The predicted molar refractivity (Wildman–Crippen MR) is 105 cm³/mol. The smallest absolute Gasteiger partial charge is 0.351 e. The van der Waals surface area contributed by atoms with Gasteiger partial charge in [-0.1, -0.05) is 0 Å². The van der Waals surface area contributed by atoms with E-state index >= 15 is 0 Å². The molecule has 2 heterocycles. The molecule has 1 aromatic heterocycles. The highest BCUT2D eigenvalue weighted by molar-refractivity contribution is 7.36. The van der Waals surface area contributed by atoms with E-state index in [1.165, 1.54) is 26.1 Å². The first kappa shape index (κ1) is 24.0. The van der Waals surface area contributed by atoms with Gasteiger partial charge in [-0.05, 0) is 33.8 Å². The number of nitriles is 1. The summed E-state index contributed by atoms with van der Waals surface area (Å²) >= 11 is 0. The average Bonchev–Trinajstić information content (AvgIpc) is 2.91. The summed E-state index contributed by atoms with van der Waals surface area (Å²) in [6, 6.07) is 2.46. The Labute approximate surface area is 173 Å². The first-order valence-corrected chi connectivity index (χ1v) is 10.5. The van der Waals surface area contributed by atoms with Crippen molar-refractivity contribution in [2.75, 3.05) is 12.3 Å². The molecule has 13 heteroatoms. The Kier molecular flexibility index (Phi) is 7.74. The highest BCUT2D eigenvalue weighted by Crippen LogP contribution is 2.44. The monoisotopic (exact) mass is 443 g/mol. The number of carbonyl (C=O) groups is 1. The lowest BCUT2D eigenvalue weighted by Crippen LogP contribution is -2.40. The summed E-state index contributed by atoms with van der Waals surface area (Å²) in [7, 11) is -2.89. The van der Waals surface area contributed by atoms with Crippen molar-refractivity contribution < 1.29 is 28.5 Å². The average molecular weight is 443 g/mol. The molecular weight excluding hydrogens is 417 g/mol. The van der Waals surface area contributed by atoms with Gasteiger partial charge in [-0.15, -0.1) is 0 Å². The molecule has 0 spiro atoms. The molecule has 0 bridgehead atoms. The molecule has 12 nitrogen and oxygen atoms in total. The van der Waals surface area contributed by atoms with E-state index < -0.39 is 49.7 Å². The lowest BCUT2D eigenvalue weighted by Gasteiger charge is -2.25. The Morgan fingerprint density at radius 3 is 2.80 bits per heavy atom. The molecule has 0 aliphatic carbocycles. The van der Waals surface area contributed by atoms with Crippen LogP contribution in [0.2, 0.25) is 0 Å². The van der Waals surface area contributed by atoms with E-state index in [2.05, 4.69) is 10.1 Å². The molecule has 0 saturated carbocycles. The van der Waals surface area contributed by atoms with Crippen molar-refractivity contribution in [3.05, 3.63) is 22.7 Å². The molecule has 166 valence electrons. The standard InChI is InChI=1S/C17H26N5O7P/c1-9(2)28-14(24)10(3)21-30(26)27-7-11-13(23)17(4,8-18)15(29-11)22-6-5-12(19)20-16(22)25/h5-6,9-11,13,15,23,30H,7H2,1-4H3,(H,21,26)(H2,19,20,25)/t10-,11-,13-,15-,17-/m1/s1. The van der Waals surface area contributed by atoms with Gasteiger partial charge in [0.25, 0.3) is 8.18 Å². The molecule has 0 aromatic carbocycles. The van der Waals surface area contributed by atoms with Crippen LogP contribution in [-0.4, -0.2) is 51.6 Å². The molecule has 1 saturated heterocycles. The van der Waals surface area contributed by atoms with Crippen LogP contribution in [0.25, 0.3) is 0 Å². The first-order chi connectivity index (χ1) is 14.0. The molecule has 1 unspecified atom stereocenters. The van der Waals surface area contributed by atoms with Gasteiger partial charge in [0.1, 0.15) is 29.5 Å². The largest absolute Gasteiger partial charge is 0.462 e. The number of nitrogens with one attached hydrogen (secondary N) is 1. The van der Waals surface area contributed by atoms with Crippen molar-refractivity contribution in [1.29, 1.82) is 5.26 Å². The third-order valence-electron chi connectivity index (χ3n) is 4.55. The Balaban J connectivity index is 2.05. The van der Waals surface area contributed by atoms with Crippen molar-refractivity contribution >= 4 is 20.0 Å². The number of anilines is 1. The van der Waals surface area contributed by atoms with E-state index in [1.807, 2.05) is 6.07 Å². The number of aromatic nitrogens is 2. The minimum Gasteiger partial charge on any atom is -0.462 e. The number of esters is 1. The van der Waals surface area contributed by atoms with E-state index in [0.717, 1.165) is 4.57 Å². The van der Waals surface area contributed by atoms with E-state index in [9.17, 15) is 24.5 Å². The number of rotatable bonds is 8. The number of carbonyl (C=O) groups excluding carboxylic acids is 1. The van der Waals surface area contributed by atoms with Crippen molar-refractivity contribution in [1.82, 2.24) is 14.6 Å². The molecule has 0 amide bonds. The second-order valence-electron chi connectivity index (χ2n) is 7.36. The van der Waals surface area contributed by atoms with Gasteiger partial charge in [0, 0.05) is 6.20 Å². The van der Waals surface area contributed by atoms with Gasteiger partial charge >= 0.3 is 11.7 Å². The zero-order valence-corrected chi connectivity index (χ0v) is 18.1. The van der Waals surface area contributed by atoms with Crippen LogP contribution in [0.3, 0.4) is 0 Å². The molecule has 1 aromatic rings. The second kappa shape index (κ2) is 9.68. The zero-order valence-electron chi connectivity index (χ0n) is 17.1. The fraction of sp³-hybridized carbons (Fsp3) is 0.647. The molecule has 30 heavy (non-hydrogen) atoms. The summed E-state index contributed by atoms with van der Waals surface area (Å²) in [6.45, 7) is 5.93. The lowest BCUT2D eigenvalue weighted by atomic mass is 9.84. The SMILES string of the molecule is CC(C)OC(=O)[C@@H](C)N[PH](=O)OC[C@H]1O[C@@H](n2ccc(N)nc2=O)[C@](C)(C#N)[C@@H]1O. The number of hydrogen-bond acceptors (Lipinski definition) is 10. The van der Waals surface area contributed by atoms with Crippen LogP contribution in [0.5, 0.6) is 0 Å². The molecule has 1 aliphatic rings. The Morgan fingerprint density at radius 1 is 1.57 bits per heavy atom. The first-order valence-electron chi connectivity index (χ1n) is 9.22. The lowest BCUT2D eigenvalue weighted by molar-refractivity contribution is -0.149. The van der Waals surface area contributed by atoms with Crippen molar-refractivity contribution in [2.24, 2.45) is 5.41 Å². The summed E-state index contributed by atoms with van der Waals surface area (Å²) in [4.78, 5) is 27.5. The van der Waals surface area contributed by atoms with Gasteiger partial charge in [-0.2, -0.15) is 10.2 Å². The molecule has 0 radical (unpaired) electrons. The van der Waals surface area contributed by atoms with Crippen LogP contribution in [0, 0.1) is 16.7 Å². The second-order valence-corrected chi connectivity index (χ2v) is 8.51. The van der Waals surface area contributed by atoms with Gasteiger partial charge in [0.15, 0.2) is 6.23 Å². The fourth-order valence-corrected chi connectivity index (χ4v) is 3.76. The van der Waals surface area contributed by atoms with Crippen LogP contribution in [0.4, 0.5) is 5.82 Å². The summed E-state index contributed by atoms with van der Waals surface area (Å²) in [5.74, 6) is -0.584. The van der Waals surface area contributed by atoms with Crippen LogP contribution >= 0.6 is 8.18 Å². The van der Waals surface area contributed by atoms with Crippen LogP contribution in [0.1, 0.15) is 33.9 Å². The zero-order chi connectivity index (χ0) is 22.6. The molecule has 2 rings (SSSR count). The number of nitrogens with two attached hydrogens (primary N) is 1. The van der Waals surface area contributed by atoms with Crippen LogP contribution < -0.4 is 16.5 Å². The maximum absolute atomic E-state index is 12.1. The number of hydrogen-bond donors (Lipinski definition) is 3. The predicted octanol–water partition coefficient (Wildman–Crippen LogP) is -0.0503. The van der Waals surface area contributed by atoms with Crippen molar-refractivity contribution in [3.63, 3.8) is 0 Å². The maximum Gasteiger partial charge on any atom is 0.351 e. The van der Waals surface area contributed by atoms with E-state index in [4.69, 9.17) is 19.7 Å². The summed E-state index contributed by atoms with van der Waals surface area (Å²) in [5, 5.41) is 22.7. The molecule has 1 fully saturated rings. The Bertz CT molecular complexity index is 901. The quantitative estimate of drug-likeness (QED) is 0.362. The number of ether oxygens (including phenoxy) is 2. The van der Waals surface area contributed by atoms with E-state index in [0.29, 0.717) is 0 Å². The summed E-state index contributed by atoms with van der Waals surface area (Å²) in [5.41, 5.74) is 3.22. The number of nitrogen functional groups attached to an aromatic ring is 1. The minimum atomic E-state index is -2.89. The van der Waals surface area contributed by atoms with Gasteiger partial charge in [0.2, 0.25) is 0 Å². The summed E-state index contributed by atoms with van der Waals surface area (Å²) in [6.07, 6.45) is -2.58. The van der Waals surface area contributed by atoms with Crippen LogP contribution in [-0.2, 0) is 23.4 Å². The third kappa shape index (κ3) is 5.24. The van der Waals surface area contributed by atoms with Gasteiger partial charge in [-0.3, -0.25) is 13.9 Å². The summed E-state index contributed by atoms with van der Waals surface area (Å²) < 4.78 is 29.1. The normalized spacial score (nSPS) is 28.1. The Morgan fingerprint density at radius 2 is 2.23 bits per heavy atom. The van der Waals surface area contributed by atoms with Gasteiger partial charge in [-0.25, -0.2) is 9.88 Å². The number of aliphatic hydroxyl groups is 1. The number of aliphatic hydroxyl groups excluding tert-OH is 1. The number of nitrogens with zero attached hydrogens (tertiary/aromatic N) is 3. The van der Waals surface area contributed by atoms with Gasteiger partial charge < -0.3 is 24.8 Å². The van der Waals surface area contributed by atoms with Gasteiger partial charge in [0.05, 0.1) is 18.8 Å². The molecule has 6 atom stereocenters. The highest BCUT2D eigenvalue weighted by Gasteiger charge is 2.55. The highest BCUT2D eigenvalue weighted by atomic mass is 31.1. The maximum atomic E-state index is 12.1. The van der Waals surface area contributed by atoms with Crippen molar-refractivity contribution in [2.45, 2.75) is 58.3 Å². The third-order valence-corrected chi connectivity index (χ3v) is 5.64. The Hall–Kier alpha value is -2.29. The molecule has 4 N–H and O–H groups in total. The van der Waals surface area contributed by atoms with Crippen LogP contribution in [0.15, 0.2) is 17.1 Å². The molecule has 1 aliphatic heterocycles. The fourth-order valence-electron chi connectivity index (χ4n) is 2.89.